The first-order valence-electron chi connectivity index (χ1n) is 11.4. The molecule has 4 heteroatoms. The number of carbonyl (C=O) groups is 1. The molecule has 166 valence electrons. The zero-order chi connectivity index (χ0) is 22.5. The Morgan fingerprint density at radius 3 is 2.00 bits per heavy atom. The quantitative estimate of drug-likeness (QED) is 0.511. The first kappa shape index (κ1) is 22.1. The van der Waals surface area contributed by atoms with Gasteiger partial charge in [-0.25, -0.2) is 0 Å². The summed E-state index contributed by atoms with van der Waals surface area (Å²) in [4.78, 5) is 18.1. The summed E-state index contributed by atoms with van der Waals surface area (Å²) in [6.45, 7) is 7.08. The Bertz CT molecular complexity index is 1020. The second kappa shape index (κ2) is 10.0. The van der Waals surface area contributed by atoms with Gasteiger partial charge in [-0.05, 0) is 68.7 Å². The summed E-state index contributed by atoms with van der Waals surface area (Å²) >= 11 is 0. The van der Waals surface area contributed by atoms with Crippen molar-refractivity contribution in [3.8, 4) is 5.75 Å². The molecule has 4 nitrogen and oxygen atoms in total. The molecule has 1 aliphatic rings. The molecular weight excluding hydrogens is 396 g/mol. The van der Waals surface area contributed by atoms with Crippen molar-refractivity contribution in [3.05, 3.63) is 95.1 Å². The van der Waals surface area contributed by atoms with Crippen molar-refractivity contribution < 1.29 is 9.53 Å². The van der Waals surface area contributed by atoms with E-state index in [0.29, 0.717) is 0 Å². The molecule has 4 rings (SSSR count). The predicted octanol–water partition coefficient (Wildman–Crippen LogP) is 5.62. The highest BCUT2D eigenvalue weighted by Gasteiger charge is 2.30. The molecule has 0 aliphatic carbocycles. The van der Waals surface area contributed by atoms with Crippen LogP contribution < -0.4 is 9.64 Å². The van der Waals surface area contributed by atoms with Gasteiger partial charge in [0.05, 0.1) is 7.11 Å². The molecule has 0 aromatic heterocycles. The third-order valence-electron chi connectivity index (χ3n) is 6.32. The molecule has 0 N–H and O–H groups in total. The van der Waals surface area contributed by atoms with E-state index in [-0.39, 0.29) is 11.9 Å². The molecule has 0 bridgehead atoms. The normalized spacial score (nSPS) is 14.8. The minimum absolute atomic E-state index is 0.0622. The van der Waals surface area contributed by atoms with Gasteiger partial charge in [-0.1, -0.05) is 47.5 Å². The fraction of sp³-hybridized carbons (Fsp3) is 0.321. The van der Waals surface area contributed by atoms with Crippen molar-refractivity contribution in [2.45, 2.75) is 39.3 Å². The van der Waals surface area contributed by atoms with Gasteiger partial charge in [-0.15, -0.1) is 0 Å². The number of hydrogen-bond donors (Lipinski definition) is 0. The van der Waals surface area contributed by atoms with Gasteiger partial charge in [0.2, 0.25) is 0 Å². The topological polar surface area (TPSA) is 32.8 Å². The summed E-state index contributed by atoms with van der Waals surface area (Å²) in [5, 5.41) is 0. The zero-order valence-corrected chi connectivity index (χ0v) is 19.3. The first-order valence-corrected chi connectivity index (χ1v) is 11.4. The summed E-state index contributed by atoms with van der Waals surface area (Å²) < 4.78 is 5.32. The van der Waals surface area contributed by atoms with Crippen molar-refractivity contribution in [2.24, 2.45) is 0 Å². The number of hydrogen-bond acceptors (Lipinski definition) is 3. The largest absolute Gasteiger partial charge is 0.497 e. The number of carbonyl (C=O) groups excluding carboxylic acids is 1. The molecule has 0 saturated carbocycles. The predicted molar refractivity (Wildman–Crippen MR) is 130 cm³/mol. The van der Waals surface area contributed by atoms with Crippen LogP contribution in [0.15, 0.2) is 72.8 Å². The molecule has 1 aliphatic heterocycles. The van der Waals surface area contributed by atoms with Crippen LogP contribution in [-0.4, -0.2) is 37.0 Å². The van der Waals surface area contributed by atoms with E-state index in [0.717, 1.165) is 55.0 Å². The van der Waals surface area contributed by atoms with Crippen LogP contribution in [0.5, 0.6) is 5.75 Å². The third-order valence-corrected chi connectivity index (χ3v) is 6.32. The number of benzene rings is 3. The summed E-state index contributed by atoms with van der Waals surface area (Å²) in [6, 6.07) is 24.7. The minimum atomic E-state index is 0.0622. The lowest BCUT2D eigenvalue weighted by Crippen LogP contribution is -2.47. The second-order valence-electron chi connectivity index (χ2n) is 8.73. The van der Waals surface area contributed by atoms with Gasteiger partial charge in [0, 0.05) is 36.9 Å². The number of amides is 1. The fourth-order valence-corrected chi connectivity index (χ4v) is 4.36. The summed E-state index contributed by atoms with van der Waals surface area (Å²) in [6.07, 6.45) is 1.91. The van der Waals surface area contributed by atoms with Gasteiger partial charge < -0.3 is 9.64 Å². The molecule has 3 aromatic carbocycles. The lowest BCUT2D eigenvalue weighted by Gasteiger charge is -2.38. The second-order valence-corrected chi connectivity index (χ2v) is 8.73. The molecule has 1 amide bonds. The van der Waals surface area contributed by atoms with Crippen LogP contribution in [0.25, 0.3) is 0 Å². The van der Waals surface area contributed by atoms with E-state index in [9.17, 15) is 4.79 Å². The number of methoxy groups -OCH3 is 1. The van der Waals surface area contributed by atoms with E-state index >= 15 is 0 Å². The number of ether oxygens (including phenoxy) is 1. The van der Waals surface area contributed by atoms with Crippen LogP contribution in [0, 0.1) is 13.8 Å². The molecule has 1 fully saturated rings. The Labute approximate surface area is 191 Å². The Kier molecular flexibility index (Phi) is 6.91. The monoisotopic (exact) mass is 428 g/mol. The van der Waals surface area contributed by atoms with Crippen LogP contribution in [0.2, 0.25) is 0 Å². The summed E-state index contributed by atoms with van der Waals surface area (Å²) in [5.41, 5.74) is 5.44. The van der Waals surface area contributed by atoms with E-state index in [1.54, 1.807) is 7.11 Å². The van der Waals surface area contributed by atoms with E-state index in [1.165, 1.54) is 11.1 Å². The lowest BCUT2D eigenvalue weighted by molar-refractivity contribution is 0.0958. The van der Waals surface area contributed by atoms with Gasteiger partial charge in [-0.3, -0.25) is 9.69 Å². The standard InChI is InChI=1S/C28H32N2O2/c1-21-4-8-23(9-5-21)20-29-18-16-26(17-19-29)30(25-12-14-27(32-3)15-13-25)28(31)24-10-6-22(2)7-11-24/h4-15,26H,16-20H2,1-3H3. The molecule has 0 atom stereocenters. The Balaban J connectivity index is 1.51. The molecule has 1 saturated heterocycles. The van der Waals surface area contributed by atoms with Gasteiger partial charge in [0.15, 0.2) is 0 Å². The van der Waals surface area contributed by atoms with Crippen molar-refractivity contribution in [2.75, 3.05) is 25.1 Å². The highest BCUT2D eigenvalue weighted by Crippen LogP contribution is 2.28. The number of piperidine rings is 1. The summed E-state index contributed by atoms with van der Waals surface area (Å²) in [7, 11) is 1.66. The molecule has 0 radical (unpaired) electrons. The molecule has 0 spiro atoms. The van der Waals surface area contributed by atoms with Gasteiger partial charge >= 0.3 is 0 Å². The SMILES string of the molecule is COc1ccc(N(C(=O)c2ccc(C)cc2)C2CCN(Cc3ccc(C)cc3)CC2)cc1. The van der Waals surface area contributed by atoms with Crippen molar-refractivity contribution in [3.63, 3.8) is 0 Å². The zero-order valence-electron chi connectivity index (χ0n) is 19.3. The smallest absolute Gasteiger partial charge is 0.258 e. The van der Waals surface area contributed by atoms with Crippen LogP contribution in [0.3, 0.4) is 0 Å². The average Bonchev–Trinajstić information content (AvgIpc) is 2.82. The maximum Gasteiger partial charge on any atom is 0.258 e. The maximum absolute atomic E-state index is 13.6. The number of aryl methyl sites for hydroxylation is 2. The number of rotatable bonds is 6. The molecule has 0 unspecified atom stereocenters. The average molecular weight is 429 g/mol. The first-order chi connectivity index (χ1) is 15.5. The number of likely N-dealkylation sites (tertiary alicyclic amines) is 1. The summed E-state index contributed by atoms with van der Waals surface area (Å²) in [5.74, 6) is 0.858. The highest BCUT2D eigenvalue weighted by molar-refractivity contribution is 6.06. The van der Waals surface area contributed by atoms with Gasteiger partial charge in [0.25, 0.3) is 5.91 Å². The van der Waals surface area contributed by atoms with Crippen molar-refractivity contribution in [1.29, 1.82) is 0 Å². The number of nitrogens with zero attached hydrogens (tertiary/aromatic N) is 2. The Hall–Kier alpha value is -3.11. The van der Waals surface area contributed by atoms with Crippen LogP contribution >= 0.6 is 0 Å². The van der Waals surface area contributed by atoms with E-state index < -0.39 is 0 Å². The molecule has 32 heavy (non-hydrogen) atoms. The molecular formula is C28H32N2O2. The van der Waals surface area contributed by atoms with Crippen LogP contribution in [-0.2, 0) is 6.54 Å². The van der Waals surface area contributed by atoms with E-state index in [2.05, 4.69) is 36.1 Å². The maximum atomic E-state index is 13.6. The molecule has 3 aromatic rings. The van der Waals surface area contributed by atoms with E-state index in [4.69, 9.17) is 4.74 Å². The van der Waals surface area contributed by atoms with E-state index in [1.807, 2.05) is 60.4 Å². The lowest BCUT2D eigenvalue weighted by atomic mass is 9.99. The van der Waals surface area contributed by atoms with Crippen LogP contribution in [0.1, 0.15) is 39.9 Å². The van der Waals surface area contributed by atoms with Crippen molar-refractivity contribution in [1.82, 2.24) is 4.90 Å². The highest BCUT2D eigenvalue weighted by atomic mass is 16.5. The minimum Gasteiger partial charge on any atom is -0.497 e. The van der Waals surface area contributed by atoms with Crippen molar-refractivity contribution >= 4 is 11.6 Å². The van der Waals surface area contributed by atoms with Crippen LogP contribution in [0.4, 0.5) is 5.69 Å². The molecule has 1 heterocycles. The Morgan fingerprint density at radius 2 is 1.44 bits per heavy atom. The number of anilines is 1. The van der Waals surface area contributed by atoms with Gasteiger partial charge in [0.1, 0.15) is 5.75 Å². The Morgan fingerprint density at radius 1 is 0.875 bits per heavy atom. The third kappa shape index (κ3) is 5.20. The van der Waals surface area contributed by atoms with Gasteiger partial charge in [-0.2, -0.15) is 0 Å². The fourth-order valence-electron chi connectivity index (χ4n) is 4.36.